The number of thioether (sulfide) groups is 1. The highest BCUT2D eigenvalue weighted by Crippen LogP contribution is 2.37. The van der Waals surface area contributed by atoms with E-state index in [1.165, 1.54) is 11.8 Å². The summed E-state index contributed by atoms with van der Waals surface area (Å²) in [6.45, 7) is 3.45. The molecular formula is C21H18Cl2N4OS. The zero-order valence-corrected chi connectivity index (χ0v) is 18.1. The van der Waals surface area contributed by atoms with Gasteiger partial charge in [-0.1, -0.05) is 65.3 Å². The van der Waals surface area contributed by atoms with Gasteiger partial charge in [0.2, 0.25) is 11.1 Å². The standard InChI is InChI=1S/C21H18Cl2N4OS/c1-12-18(13(2)28)19(14-7-9-16(22)10-8-14)27-20(24-12)25-21(26-27)29-11-15-5-3-4-6-17(15)23/h3-10,19H,11H2,1-2H3,(H,24,25,26). The number of nitrogens with one attached hydrogen (secondary N) is 1. The Morgan fingerprint density at radius 1 is 1.17 bits per heavy atom. The molecule has 29 heavy (non-hydrogen) atoms. The number of carbonyl (C=O) groups excluding carboxylic acids is 1. The molecule has 3 aromatic rings. The molecule has 0 aliphatic carbocycles. The number of nitrogens with zero attached hydrogens (tertiary/aromatic N) is 3. The molecule has 0 fully saturated rings. The van der Waals surface area contributed by atoms with Crippen LogP contribution in [0.4, 0.5) is 5.95 Å². The van der Waals surface area contributed by atoms with Gasteiger partial charge in [0.15, 0.2) is 5.78 Å². The minimum Gasteiger partial charge on any atom is -0.328 e. The fourth-order valence-electron chi connectivity index (χ4n) is 3.36. The summed E-state index contributed by atoms with van der Waals surface area (Å²) in [6, 6.07) is 14.8. The van der Waals surface area contributed by atoms with Crippen molar-refractivity contribution in [3.05, 3.63) is 81.0 Å². The Labute approximate surface area is 183 Å². The van der Waals surface area contributed by atoms with Gasteiger partial charge in [-0.2, -0.15) is 4.98 Å². The number of rotatable bonds is 5. The molecule has 0 spiro atoms. The molecule has 4 rings (SSSR count). The maximum atomic E-state index is 12.4. The van der Waals surface area contributed by atoms with Gasteiger partial charge in [-0.25, -0.2) is 4.68 Å². The monoisotopic (exact) mass is 444 g/mol. The Bertz CT molecular complexity index is 1110. The fraction of sp³-hybridized carbons (Fsp3) is 0.190. The van der Waals surface area contributed by atoms with E-state index >= 15 is 0 Å². The van der Waals surface area contributed by atoms with Crippen molar-refractivity contribution in [2.75, 3.05) is 5.32 Å². The Morgan fingerprint density at radius 2 is 1.90 bits per heavy atom. The summed E-state index contributed by atoms with van der Waals surface area (Å²) in [7, 11) is 0. The lowest BCUT2D eigenvalue weighted by Crippen LogP contribution is -2.27. The maximum absolute atomic E-state index is 12.4. The van der Waals surface area contributed by atoms with Crippen molar-refractivity contribution in [2.45, 2.75) is 30.8 Å². The van der Waals surface area contributed by atoms with Crippen LogP contribution in [0.5, 0.6) is 0 Å². The van der Waals surface area contributed by atoms with E-state index in [9.17, 15) is 4.79 Å². The van der Waals surface area contributed by atoms with E-state index in [0.29, 0.717) is 27.5 Å². The van der Waals surface area contributed by atoms with Gasteiger partial charge in [-0.15, -0.1) is 5.10 Å². The van der Waals surface area contributed by atoms with E-state index in [1.54, 1.807) is 11.6 Å². The van der Waals surface area contributed by atoms with Crippen LogP contribution in [0.3, 0.4) is 0 Å². The fourth-order valence-corrected chi connectivity index (χ4v) is 4.60. The lowest BCUT2D eigenvalue weighted by molar-refractivity contribution is -0.114. The second-order valence-corrected chi connectivity index (χ2v) is 8.50. The summed E-state index contributed by atoms with van der Waals surface area (Å²) in [5.74, 6) is 1.25. The van der Waals surface area contributed by atoms with Crippen LogP contribution in [-0.2, 0) is 10.5 Å². The molecule has 1 N–H and O–H groups in total. The van der Waals surface area contributed by atoms with Crippen LogP contribution in [0.15, 0.2) is 65.0 Å². The van der Waals surface area contributed by atoms with Crippen molar-refractivity contribution >= 4 is 46.7 Å². The summed E-state index contributed by atoms with van der Waals surface area (Å²) in [4.78, 5) is 17.0. The van der Waals surface area contributed by atoms with Crippen molar-refractivity contribution in [1.82, 2.24) is 14.8 Å². The molecule has 0 saturated heterocycles. The van der Waals surface area contributed by atoms with Crippen LogP contribution in [0, 0.1) is 0 Å². The first-order valence-electron chi connectivity index (χ1n) is 9.01. The van der Waals surface area contributed by atoms with Crippen molar-refractivity contribution in [3.63, 3.8) is 0 Å². The van der Waals surface area contributed by atoms with Gasteiger partial charge in [0.05, 0.1) is 0 Å². The number of halogens is 2. The molecule has 0 bridgehead atoms. The van der Waals surface area contributed by atoms with E-state index in [4.69, 9.17) is 23.2 Å². The lowest BCUT2D eigenvalue weighted by atomic mass is 9.93. The Morgan fingerprint density at radius 3 is 2.59 bits per heavy atom. The molecule has 2 aromatic carbocycles. The third-order valence-corrected chi connectivity index (χ3v) is 6.22. The molecule has 1 atom stereocenters. The van der Waals surface area contributed by atoms with Gasteiger partial charge in [-0.05, 0) is 43.2 Å². The predicted octanol–water partition coefficient (Wildman–Crippen LogP) is 5.76. The number of allylic oxidation sites excluding steroid dienone is 2. The number of hydrogen-bond acceptors (Lipinski definition) is 5. The first-order valence-corrected chi connectivity index (χ1v) is 10.7. The summed E-state index contributed by atoms with van der Waals surface area (Å²) in [6.07, 6.45) is 0. The minimum absolute atomic E-state index is 0.0126. The highest BCUT2D eigenvalue weighted by Gasteiger charge is 2.32. The number of Topliss-reactive ketones (excluding diaryl/α,β-unsaturated/α-hetero) is 1. The van der Waals surface area contributed by atoms with Crippen molar-refractivity contribution in [3.8, 4) is 0 Å². The zero-order valence-electron chi connectivity index (χ0n) is 15.8. The number of anilines is 1. The van der Waals surface area contributed by atoms with E-state index in [1.807, 2.05) is 55.5 Å². The number of carbonyl (C=O) groups is 1. The zero-order chi connectivity index (χ0) is 20.5. The summed E-state index contributed by atoms with van der Waals surface area (Å²) in [5.41, 5.74) is 3.38. The molecule has 1 unspecified atom stereocenters. The number of fused-ring (bicyclic) bond motifs is 1. The van der Waals surface area contributed by atoms with Crippen LogP contribution in [0.2, 0.25) is 10.0 Å². The topological polar surface area (TPSA) is 59.8 Å². The third-order valence-electron chi connectivity index (χ3n) is 4.71. The SMILES string of the molecule is CC(=O)C1=C(C)Nc2nc(SCc3ccccc3Cl)nn2C1c1ccc(Cl)cc1. The van der Waals surface area contributed by atoms with Gasteiger partial charge in [-0.3, -0.25) is 4.79 Å². The molecule has 8 heteroatoms. The molecule has 1 aromatic heterocycles. The molecule has 0 radical (unpaired) electrons. The average molecular weight is 445 g/mol. The largest absolute Gasteiger partial charge is 0.328 e. The van der Waals surface area contributed by atoms with Crippen LogP contribution in [0.1, 0.15) is 31.0 Å². The Hall–Kier alpha value is -2.28. The molecule has 0 amide bonds. The second-order valence-electron chi connectivity index (χ2n) is 6.72. The van der Waals surface area contributed by atoms with E-state index in [2.05, 4.69) is 15.4 Å². The Kier molecular flexibility index (Phi) is 5.67. The second kappa shape index (κ2) is 8.22. The van der Waals surface area contributed by atoms with E-state index in [0.717, 1.165) is 21.8 Å². The van der Waals surface area contributed by atoms with Crippen molar-refractivity contribution < 1.29 is 4.79 Å². The predicted molar refractivity (Wildman–Crippen MR) is 118 cm³/mol. The van der Waals surface area contributed by atoms with E-state index < -0.39 is 0 Å². The molecular weight excluding hydrogens is 427 g/mol. The quantitative estimate of drug-likeness (QED) is 0.507. The highest BCUT2D eigenvalue weighted by atomic mass is 35.5. The molecule has 5 nitrogen and oxygen atoms in total. The van der Waals surface area contributed by atoms with Gasteiger partial charge in [0.25, 0.3) is 0 Å². The normalized spacial score (nSPS) is 15.8. The third kappa shape index (κ3) is 4.06. The minimum atomic E-state index is -0.358. The number of aromatic nitrogens is 3. The smallest absolute Gasteiger partial charge is 0.227 e. The highest BCUT2D eigenvalue weighted by molar-refractivity contribution is 7.98. The summed E-state index contributed by atoms with van der Waals surface area (Å²) >= 11 is 13.8. The van der Waals surface area contributed by atoms with Crippen molar-refractivity contribution in [1.29, 1.82) is 0 Å². The van der Waals surface area contributed by atoms with Gasteiger partial charge < -0.3 is 5.32 Å². The van der Waals surface area contributed by atoms with Crippen molar-refractivity contribution in [2.24, 2.45) is 0 Å². The summed E-state index contributed by atoms with van der Waals surface area (Å²) in [5, 5.41) is 9.88. The maximum Gasteiger partial charge on any atom is 0.227 e. The first-order chi connectivity index (χ1) is 13.9. The van der Waals surface area contributed by atoms with Gasteiger partial charge in [0.1, 0.15) is 6.04 Å². The number of ketones is 1. The molecule has 1 aliphatic rings. The number of benzene rings is 2. The molecule has 2 heterocycles. The van der Waals surface area contributed by atoms with Crippen LogP contribution >= 0.6 is 35.0 Å². The van der Waals surface area contributed by atoms with Crippen LogP contribution in [-0.4, -0.2) is 20.5 Å². The van der Waals surface area contributed by atoms with Crippen LogP contribution < -0.4 is 5.32 Å². The lowest BCUT2D eigenvalue weighted by Gasteiger charge is -2.28. The molecule has 1 aliphatic heterocycles. The van der Waals surface area contributed by atoms with Gasteiger partial charge >= 0.3 is 0 Å². The summed E-state index contributed by atoms with van der Waals surface area (Å²) < 4.78 is 1.77. The molecule has 148 valence electrons. The first kappa shape index (κ1) is 20.0. The Balaban J connectivity index is 1.69. The van der Waals surface area contributed by atoms with Gasteiger partial charge in [0, 0.05) is 27.1 Å². The molecule has 0 saturated carbocycles. The van der Waals surface area contributed by atoms with Crippen LogP contribution in [0.25, 0.3) is 0 Å². The average Bonchev–Trinajstić information content (AvgIpc) is 3.09. The number of hydrogen-bond donors (Lipinski definition) is 1. The van der Waals surface area contributed by atoms with E-state index in [-0.39, 0.29) is 11.8 Å².